The molecule has 0 aliphatic carbocycles. The van der Waals surface area contributed by atoms with Crippen LogP contribution in [0.2, 0.25) is 0 Å². The molecule has 0 saturated heterocycles. The normalized spacial score (nSPS) is 10.5. The van der Waals surface area contributed by atoms with Gasteiger partial charge in [-0.05, 0) is 24.7 Å². The van der Waals surface area contributed by atoms with Crippen LogP contribution < -0.4 is 4.74 Å². The highest BCUT2D eigenvalue weighted by atomic mass is 35.5. The molecular formula is C15H21ClN2O3. The molecule has 6 heteroatoms. The predicted octanol–water partition coefficient (Wildman–Crippen LogP) is 1.39. The van der Waals surface area contributed by atoms with E-state index in [-0.39, 0.29) is 18.3 Å². The fraction of sp³-hybridized carbons (Fsp3) is 0.467. The Morgan fingerprint density at radius 1 is 1.38 bits per heavy atom. The van der Waals surface area contributed by atoms with Crippen LogP contribution in [0.3, 0.4) is 0 Å². The van der Waals surface area contributed by atoms with E-state index < -0.39 is 0 Å². The first-order valence-corrected chi connectivity index (χ1v) is 7.23. The number of aldehydes is 1. The molecule has 0 radical (unpaired) electrons. The maximum atomic E-state index is 11.6. The lowest BCUT2D eigenvalue weighted by Crippen LogP contribution is -2.39. The summed E-state index contributed by atoms with van der Waals surface area (Å²) in [4.78, 5) is 25.7. The third-order valence-corrected chi connectivity index (χ3v) is 3.33. The summed E-state index contributed by atoms with van der Waals surface area (Å²) >= 11 is 5.53. The molecule has 0 heterocycles. The van der Waals surface area contributed by atoms with Crippen molar-refractivity contribution in [3.05, 3.63) is 29.8 Å². The standard InChI is InChI=1S/C15H21ClN2O3/c1-17(6-7-18(8-9-19)15(20)11-16)12-13-4-3-5-14(10-13)21-2/h3-5,9-10H,6-8,11-12H2,1-2H3. The first-order valence-electron chi connectivity index (χ1n) is 6.69. The lowest BCUT2D eigenvalue weighted by Gasteiger charge is -2.23. The van der Waals surface area contributed by atoms with Crippen molar-refractivity contribution >= 4 is 23.8 Å². The van der Waals surface area contributed by atoms with Gasteiger partial charge in [-0.15, -0.1) is 11.6 Å². The summed E-state index contributed by atoms with van der Waals surface area (Å²) < 4.78 is 5.19. The van der Waals surface area contributed by atoms with Gasteiger partial charge >= 0.3 is 0 Å². The van der Waals surface area contributed by atoms with Gasteiger partial charge in [-0.25, -0.2) is 0 Å². The summed E-state index contributed by atoms with van der Waals surface area (Å²) in [6.45, 7) is 1.96. The lowest BCUT2D eigenvalue weighted by molar-refractivity contribution is -0.130. The van der Waals surface area contributed by atoms with Crippen molar-refractivity contribution in [2.24, 2.45) is 0 Å². The van der Waals surface area contributed by atoms with E-state index in [0.717, 1.165) is 17.9 Å². The van der Waals surface area contributed by atoms with Crippen LogP contribution in [0.1, 0.15) is 5.56 Å². The Labute approximate surface area is 130 Å². The lowest BCUT2D eigenvalue weighted by atomic mass is 10.2. The van der Waals surface area contributed by atoms with Crippen LogP contribution >= 0.6 is 11.6 Å². The molecule has 0 aliphatic heterocycles. The molecule has 0 unspecified atom stereocenters. The Hall–Kier alpha value is -1.59. The molecule has 116 valence electrons. The Morgan fingerprint density at radius 3 is 2.76 bits per heavy atom. The minimum Gasteiger partial charge on any atom is -0.497 e. The third-order valence-electron chi connectivity index (χ3n) is 3.10. The van der Waals surface area contributed by atoms with E-state index in [9.17, 15) is 9.59 Å². The molecule has 1 aromatic carbocycles. The molecule has 0 fully saturated rings. The average Bonchev–Trinajstić information content (AvgIpc) is 2.50. The van der Waals surface area contributed by atoms with Gasteiger partial charge in [0.05, 0.1) is 13.7 Å². The predicted molar refractivity (Wildman–Crippen MR) is 82.7 cm³/mol. The Bertz CT molecular complexity index is 468. The van der Waals surface area contributed by atoms with Crippen LogP contribution in [0.4, 0.5) is 0 Å². The summed E-state index contributed by atoms with van der Waals surface area (Å²) in [5.74, 6) is 0.493. The molecule has 0 spiro atoms. The van der Waals surface area contributed by atoms with Gasteiger partial charge < -0.3 is 19.3 Å². The Kier molecular flexibility index (Phi) is 7.79. The molecule has 0 aromatic heterocycles. The number of hydrogen-bond donors (Lipinski definition) is 0. The fourth-order valence-electron chi connectivity index (χ4n) is 1.95. The quantitative estimate of drug-likeness (QED) is 0.511. The van der Waals surface area contributed by atoms with E-state index in [2.05, 4.69) is 4.90 Å². The topological polar surface area (TPSA) is 49.9 Å². The van der Waals surface area contributed by atoms with E-state index in [1.165, 1.54) is 4.90 Å². The number of hydrogen-bond acceptors (Lipinski definition) is 4. The second-order valence-electron chi connectivity index (χ2n) is 4.73. The van der Waals surface area contributed by atoms with Crippen LogP contribution in [-0.2, 0) is 16.1 Å². The number of carbonyl (C=O) groups is 2. The van der Waals surface area contributed by atoms with Gasteiger partial charge in [0.1, 0.15) is 17.9 Å². The zero-order valence-corrected chi connectivity index (χ0v) is 13.2. The van der Waals surface area contributed by atoms with E-state index in [1.807, 2.05) is 31.3 Å². The number of carbonyl (C=O) groups excluding carboxylic acids is 2. The van der Waals surface area contributed by atoms with Gasteiger partial charge in [0.25, 0.3) is 0 Å². The summed E-state index contributed by atoms with van der Waals surface area (Å²) in [6.07, 6.45) is 0.715. The Morgan fingerprint density at radius 2 is 2.14 bits per heavy atom. The second-order valence-corrected chi connectivity index (χ2v) is 5.00. The van der Waals surface area contributed by atoms with E-state index in [1.54, 1.807) is 7.11 Å². The molecule has 0 aliphatic rings. The number of likely N-dealkylation sites (N-methyl/N-ethyl adjacent to an activating group) is 1. The molecule has 1 aromatic rings. The van der Waals surface area contributed by atoms with Crippen molar-refractivity contribution in [3.63, 3.8) is 0 Å². The second kappa shape index (κ2) is 9.37. The van der Waals surface area contributed by atoms with Crippen LogP contribution in [0.25, 0.3) is 0 Å². The molecule has 5 nitrogen and oxygen atoms in total. The highest BCUT2D eigenvalue weighted by Gasteiger charge is 2.12. The molecule has 1 rings (SSSR count). The van der Waals surface area contributed by atoms with Crippen molar-refractivity contribution in [1.29, 1.82) is 0 Å². The van der Waals surface area contributed by atoms with Gasteiger partial charge in [0.2, 0.25) is 5.91 Å². The zero-order chi connectivity index (χ0) is 15.7. The minimum atomic E-state index is -0.224. The zero-order valence-electron chi connectivity index (χ0n) is 12.4. The van der Waals surface area contributed by atoms with Gasteiger partial charge in [-0.3, -0.25) is 4.79 Å². The van der Waals surface area contributed by atoms with Gasteiger partial charge in [0.15, 0.2) is 0 Å². The van der Waals surface area contributed by atoms with Crippen LogP contribution in [-0.4, -0.2) is 61.7 Å². The monoisotopic (exact) mass is 312 g/mol. The molecule has 0 bridgehead atoms. The number of benzene rings is 1. The molecule has 0 N–H and O–H groups in total. The number of halogens is 1. The summed E-state index contributed by atoms with van der Waals surface area (Å²) in [6, 6.07) is 7.84. The highest BCUT2D eigenvalue weighted by Crippen LogP contribution is 2.13. The maximum absolute atomic E-state index is 11.6. The van der Waals surface area contributed by atoms with E-state index in [4.69, 9.17) is 16.3 Å². The molecule has 21 heavy (non-hydrogen) atoms. The van der Waals surface area contributed by atoms with Crippen molar-refractivity contribution in [1.82, 2.24) is 9.80 Å². The number of rotatable bonds is 9. The van der Waals surface area contributed by atoms with Gasteiger partial charge in [0, 0.05) is 19.6 Å². The number of nitrogens with zero attached hydrogens (tertiary/aromatic N) is 2. The van der Waals surface area contributed by atoms with Crippen molar-refractivity contribution < 1.29 is 14.3 Å². The van der Waals surface area contributed by atoms with E-state index in [0.29, 0.717) is 19.4 Å². The first-order chi connectivity index (χ1) is 10.1. The molecular weight excluding hydrogens is 292 g/mol. The van der Waals surface area contributed by atoms with Crippen molar-refractivity contribution in [3.8, 4) is 5.75 Å². The summed E-state index contributed by atoms with van der Waals surface area (Å²) in [7, 11) is 3.60. The van der Waals surface area contributed by atoms with Gasteiger partial charge in [-0.1, -0.05) is 12.1 Å². The minimum absolute atomic E-state index is 0.0819. The molecule has 0 atom stereocenters. The number of methoxy groups -OCH3 is 1. The third kappa shape index (κ3) is 6.14. The number of alkyl halides is 1. The number of amides is 1. The van der Waals surface area contributed by atoms with Crippen LogP contribution in [0, 0.1) is 0 Å². The maximum Gasteiger partial charge on any atom is 0.237 e. The van der Waals surface area contributed by atoms with Gasteiger partial charge in [-0.2, -0.15) is 0 Å². The molecule has 0 saturated carbocycles. The van der Waals surface area contributed by atoms with Crippen LogP contribution in [0.15, 0.2) is 24.3 Å². The largest absolute Gasteiger partial charge is 0.497 e. The van der Waals surface area contributed by atoms with E-state index >= 15 is 0 Å². The smallest absolute Gasteiger partial charge is 0.237 e. The van der Waals surface area contributed by atoms with Crippen molar-refractivity contribution in [2.45, 2.75) is 6.54 Å². The Balaban J connectivity index is 2.50. The SMILES string of the molecule is COc1cccc(CN(C)CCN(CC=O)C(=O)CCl)c1. The highest BCUT2D eigenvalue weighted by molar-refractivity contribution is 6.27. The summed E-state index contributed by atoms with van der Waals surface area (Å²) in [5.41, 5.74) is 1.13. The molecule has 1 amide bonds. The fourth-order valence-corrected chi connectivity index (χ4v) is 2.11. The average molecular weight is 313 g/mol. The number of ether oxygens (including phenoxy) is 1. The summed E-state index contributed by atoms with van der Waals surface area (Å²) in [5, 5.41) is 0. The van der Waals surface area contributed by atoms with Crippen LogP contribution in [0.5, 0.6) is 5.75 Å². The first kappa shape index (κ1) is 17.5. The van der Waals surface area contributed by atoms with Crippen molar-refractivity contribution in [2.75, 3.05) is 39.7 Å².